The van der Waals surface area contributed by atoms with Crippen LogP contribution in [0.25, 0.3) is 22.0 Å². The van der Waals surface area contributed by atoms with E-state index in [2.05, 4.69) is 15.7 Å². The SMILES string of the molecule is O=C(O)Nc1cc(Cl)c(Cl)c2c1c(-c1cnn(C3CCCCO3)c1)c1n2C[C@@H](NC(=O)O)C1. The number of carboxylic acid groups (broad SMARTS) is 2. The molecule has 0 spiro atoms. The number of hydrogen-bond donors (Lipinski definition) is 4. The maximum absolute atomic E-state index is 11.5. The van der Waals surface area contributed by atoms with E-state index in [-0.39, 0.29) is 22.3 Å². The van der Waals surface area contributed by atoms with Crippen LogP contribution in [0.15, 0.2) is 18.5 Å². The quantitative estimate of drug-likeness (QED) is 0.413. The Labute approximate surface area is 198 Å². The van der Waals surface area contributed by atoms with Crippen molar-refractivity contribution in [2.24, 2.45) is 0 Å². The molecule has 1 aromatic carbocycles. The van der Waals surface area contributed by atoms with Crippen LogP contribution in [-0.4, -0.2) is 49.4 Å². The third-order valence-corrected chi connectivity index (χ3v) is 6.86. The second-order valence-corrected chi connectivity index (χ2v) is 8.97. The van der Waals surface area contributed by atoms with Gasteiger partial charge in [0.05, 0.1) is 33.5 Å². The highest BCUT2D eigenvalue weighted by atomic mass is 35.5. The fourth-order valence-electron chi connectivity index (χ4n) is 4.82. The molecule has 33 heavy (non-hydrogen) atoms. The summed E-state index contributed by atoms with van der Waals surface area (Å²) in [6.07, 6.45) is 4.40. The van der Waals surface area contributed by atoms with Gasteiger partial charge in [0, 0.05) is 48.0 Å². The van der Waals surface area contributed by atoms with E-state index in [1.165, 1.54) is 6.07 Å². The van der Waals surface area contributed by atoms with Gasteiger partial charge in [-0.15, -0.1) is 0 Å². The third kappa shape index (κ3) is 3.88. The Morgan fingerprint density at radius 1 is 1.21 bits per heavy atom. The molecule has 0 bridgehead atoms. The summed E-state index contributed by atoms with van der Waals surface area (Å²) in [5.74, 6) is 0. The number of ether oxygens (including phenoxy) is 1. The molecule has 1 fully saturated rings. The van der Waals surface area contributed by atoms with E-state index in [1.807, 2.05) is 10.8 Å². The van der Waals surface area contributed by atoms with Crippen LogP contribution in [0.2, 0.25) is 10.0 Å². The Bertz CT molecular complexity index is 1260. The van der Waals surface area contributed by atoms with Gasteiger partial charge < -0.3 is 24.8 Å². The number of aromatic nitrogens is 3. The second kappa shape index (κ2) is 8.44. The first-order valence-electron chi connectivity index (χ1n) is 10.5. The highest BCUT2D eigenvalue weighted by Crippen LogP contribution is 2.47. The normalized spacial score (nSPS) is 20.1. The van der Waals surface area contributed by atoms with Crippen molar-refractivity contribution in [3.05, 3.63) is 34.2 Å². The zero-order valence-corrected chi connectivity index (χ0v) is 18.9. The fraction of sp³-hybridized carbons (Fsp3) is 0.381. The lowest BCUT2D eigenvalue weighted by Gasteiger charge is -2.22. The highest BCUT2D eigenvalue weighted by molar-refractivity contribution is 6.46. The van der Waals surface area contributed by atoms with Crippen LogP contribution in [0.1, 0.15) is 31.2 Å². The van der Waals surface area contributed by atoms with Crippen LogP contribution >= 0.6 is 23.2 Å². The van der Waals surface area contributed by atoms with Gasteiger partial charge in [0.25, 0.3) is 0 Å². The van der Waals surface area contributed by atoms with Crippen LogP contribution in [0.5, 0.6) is 0 Å². The molecule has 2 aliphatic heterocycles. The van der Waals surface area contributed by atoms with E-state index in [1.54, 1.807) is 10.9 Å². The predicted octanol–water partition coefficient (Wildman–Crippen LogP) is 4.79. The van der Waals surface area contributed by atoms with Gasteiger partial charge in [0.15, 0.2) is 0 Å². The molecule has 2 aliphatic rings. The third-order valence-electron chi connectivity index (χ3n) is 6.08. The lowest BCUT2D eigenvalue weighted by Crippen LogP contribution is -2.34. The molecule has 174 valence electrons. The van der Waals surface area contributed by atoms with Crippen LogP contribution in [0, 0.1) is 0 Å². The summed E-state index contributed by atoms with van der Waals surface area (Å²) in [5.41, 5.74) is 3.17. The minimum absolute atomic E-state index is 0.162. The molecule has 1 unspecified atom stereocenters. The van der Waals surface area contributed by atoms with Crippen molar-refractivity contribution in [3.63, 3.8) is 0 Å². The number of nitrogens with zero attached hydrogens (tertiary/aromatic N) is 3. The Kier molecular flexibility index (Phi) is 5.59. The van der Waals surface area contributed by atoms with Crippen molar-refractivity contribution in [2.75, 3.05) is 11.9 Å². The molecule has 4 heterocycles. The van der Waals surface area contributed by atoms with Crippen LogP contribution in [-0.2, 0) is 17.7 Å². The van der Waals surface area contributed by atoms with Crippen LogP contribution in [0.3, 0.4) is 0 Å². The van der Waals surface area contributed by atoms with Gasteiger partial charge >= 0.3 is 12.2 Å². The summed E-state index contributed by atoms with van der Waals surface area (Å²) < 4.78 is 9.51. The highest BCUT2D eigenvalue weighted by Gasteiger charge is 2.33. The Balaban J connectivity index is 1.70. The summed E-state index contributed by atoms with van der Waals surface area (Å²) in [7, 11) is 0. The number of rotatable bonds is 4. The predicted molar refractivity (Wildman–Crippen MR) is 122 cm³/mol. The van der Waals surface area contributed by atoms with Crippen LogP contribution < -0.4 is 10.6 Å². The van der Waals surface area contributed by atoms with Gasteiger partial charge in [-0.2, -0.15) is 5.10 Å². The maximum atomic E-state index is 11.5. The van der Waals surface area contributed by atoms with Gasteiger partial charge in [0.1, 0.15) is 6.23 Å². The van der Waals surface area contributed by atoms with E-state index in [0.29, 0.717) is 36.2 Å². The van der Waals surface area contributed by atoms with Gasteiger partial charge in [0.2, 0.25) is 0 Å². The molecule has 0 saturated carbocycles. The van der Waals surface area contributed by atoms with Crippen molar-refractivity contribution in [3.8, 4) is 11.1 Å². The smallest absolute Gasteiger partial charge is 0.409 e. The van der Waals surface area contributed by atoms with Crippen LogP contribution in [0.4, 0.5) is 15.3 Å². The summed E-state index contributed by atoms with van der Waals surface area (Å²) in [4.78, 5) is 22.8. The number of carbonyl (C=O) groups is 2. The Hall–Kier alpha value is -2.95. The maximum Gasteiger partial charge on any atom is 0.409 e. The molecule has 10 nitrogen and oxygen atoms in total. The second-order valence-electron chi connectivity index (χ2n) is 8.19. The molecule has 2 atom stereocenters. The number of amides is 2. The topological polar surface area (TPSA) is 131 Å². The Morgan fingerprint density at radius 3 is 2.73 bits per heavy atom. The van der Waals surface area contributed by atoms with E-state index in [0.717, 1.165) is 36.1 Å². The summed E-state index contributed by atoms with van der Waals surface area (Å²) in [6.45, 7) is 1.01. The summed E-state index contributed by atoms with van der Waals surface area (Å²) >= 11 is 12.9. The van der Waals surface area contributed by atoms with Gasteiger partial charge in [-0.25, -0.2) is 14.3 Å². The van der Waals surface area contributed by atoms with Crippen molar-refractivity contribution in [2.45, 2.75) is 44.5 Å². The molecule has 2 aromatic heterocycles. The summed E-state index contributed by atoms with van der Waals surface area (Å²) in [5, 5.41) is 29.1. The van der Waals surface area contributed by atoms with E-state index in [4.69, 9.17) is 27.9 Å². The van der Waals surface area contributed by atoms with E-state index >= 15 is 0 Å². The first-order valence-corrected chi connectivity index (χ1v) is 11.3. The fourth-order valence-corrected chi connectivity index (χ4v) is 5.27. The van der Waals surface area contributed by atoms with Gasteiger partial charge in [-0.1, -0.05) is 23.2 Å². The molecule has 12 heteroatoms. The van der Waals surface area contributed by atoms with E-state index in [9.17, 15) is 19.8 Å². The average molecular weight is 494 g/mol. The zero-order chi connectivity index (χ0) is 23.3. The molecule has 4 N–H and O–H groups in total. The molecule has 0 radical (unpaired) electrons. The summed E-state index contributed by atoms with van der Waals surface area (Å²) in [6, 6.07) is 1.13. The molecule has 2 amide bonds. The van der Waals surface area contributed by atoms with Crippen molar-refractivity contribution < 1.29 is 24.5 Å². The lowest BCUT2D eigenvalue weighted by atomic mass is 10.0. The molecular weight excluding hydrogens is 473 g/mol. The van der Waals surface area contributed by atoms with Crippen molar-refractivity contribution >= 4 is 52.0 Å². The van der Waals surface area contributed by atoms with E-state index < -0.39 is 12.2 Å². The minimum Gasteiger partial charge on any atom is -0.465 e. The average Bonchev–Trinajstić information content (AvgIpc) is 3.45. The Morgan fingerprint density at radius 2 is 2.03 bits per heavy atom. The zero-order valence-electron chi connectivity index (χ0n) is 17.3. The van der Waals surface area contributed by atoms with Crippen molar-refractivity contribution in [1.82, 2.24) is 19.7 Å². The first kappa shape index (κ1) is 21.9. The molecule has 3 aromatic rings. The van der Waals surface area contributed by atoms with Gasteiger partial charge in [-0.05, 0) is 25.3 Å². The number of fused-ring (bicyclic) bond motifs is 3. The number of benzene rings is 1. The number of hydrogen-bond acceptors (Lipinski definition) is 4. The molecule has 5 rings (SSSR count). The first-order chi connectivity index (χ1) is 15.8. The lowest BCUT2D eigenvalue weighted by molar-refractivity contribution is -0.0394. The number of halogens is 2. The monoisotopic (exact) mass is 493 g/mol. The number of anilines is 1. The largest absolute Gasteiger partial charge is 0.465 e. The molecular formula is C21H21Cl2N5O5. The van der Waals surface area contributed by atoms with Gasteiger partial charge in [-0.3, -0.25) is 5.32 Å². The molecule has 0 aliphatic carbocycles. The number of nitrogens with one attached hydrogen (secondary N) is 2. The van der Waals surface area contributed by atoms with Crippen molar-refractivity contribution in [1.29, 1.82) is 0 Å². The minimum atomic E-state index is -1.23. The molecule has 1 saturated heterocycles. The standard InChI is InChI=1S/C21H21Cl2N5O5/c22-12-6-13(26-21(31)32)17-16(10-7-24-28(8-10)15-3-1-2-4-33-15)14-5-11(25-20(29)30)9-27(14)19(17)18(12)23/h6-8,11,15,25-26H,1-5,9H2,(H,29,30)(H,31,32)/t11-,15?/m0/s1.